The summed E-state index contributed by atoms with van der Waals surface area (Å²) in [7, 11) is 1.49. The van der Waals surface area contributed by atoms with Gasteiger partial charge in [0.2, 0.25) is 5.95 Å². The van der Waals surface area contributed by atoms with Crippen LogP contribution >= 0.6 is 0 Å². The second-order valence-electron chi connectivity index (χ2n) is 7.60. The van der Waals surface area contributed by atoms with Gasteiger partial charge in [-0.05, 0) is 30.7 Å². The van der Waals surface area contributed by atoms with E-state index in [-0.39, 0.29) is 17.8 Å². The Hall–Kier alpha value is -4.27. The second-order valence-corrected chi connectivity index (χ2v) is 7.60. The van der Waals surface area contributed by atoms with Crippen LogP contribution in [0.5, 0.6) is 5.75 Å². The summed E-state index contributed by atoms with van der Waals surface area (Å²) in [5, 5.41) is 8.48. The number of benzene rings is 2. The van der Waals surface area contributed by atoms with Gasteiger partial charge in [-0.3, -0.25) is 4.68 Å². The molecule has 0 spiro atoms. The van der Waals surface area contributed by atoms with Crippen LogP contribution in [-0.4, -0.2) is 31.5 Å². The highest BCUT2D eigenvalue weighted by Crippen LogP contribution is 2.37. The van der Waals surface area contributed by atoms with E-state index >= 15 is 4.39 Å². The van der Waals surface area contributed by atoms with Crippen molar-refractivity contribution in [2.24, 2.45) is 0 Å². The summed E-state index contributed by atoms with van der Waals surface area (Å²) in [6.07, 6.45) is 5.04. The number of methoxy groups -OCH3 is 1. The first-order valence-electron chi connectivity index (χ1n) is 10.2. The minimum Gasteiger partial charge on any atom is -0.492 e. The Kier molecular flexibility index (Phi) is 5.01. The molecule has 1 atom stereocenters. The van der Waals surface area contributed by atoms with Gasteiger partial charge in [0, 0.05) is 34.6 Å². The smallest absolute Gasteiger partial charge is 0.240 e. The maximum absolute atomic E-state index is 15.7. The van der Waals surface area contributed by atoms with Crippen molar-refractivity contribution < 1.29 is 13.5 Å². The number of rotatable bonds is 5. The summed E-state index contributed by atoms with van der Waals surface area (Å²) < 4.78 is 37.7. The standard InChI is InChI=1S/C24H20F2N6O/c1-14(15-6-8-17(25)9-7-15)32-13-16(12-28-32)18-4-3-5-19(21(18)26)20-10-11-31-23(22(20)33-2)29-24(27)30-31/h3-14H,1-2H3,(H2,27,30). The van der Waals surface area contributed by atoms with Crippen LogP contribution in [0.4, 0.5) is 14.7 Å². The predicted molar refractivity (Wildman–Crippen MR) is 121 cm³/mol. The van der Waals surface area contributed by atoms with Gasteiger partial charge in [-0.2, -0.15) is 10.1 Å². The van der Waals surface area contributed by atoms with E-state index in [1.807, 2.05) is 6.92 Å². The van der Waals surface area contributed by atoms with Crippen molar-refractivity contribution in [3.8, 4) is 28.0 Å². The average Bonchev–Trinajstić information content (AvgIpc) is 3.45. The molecular formula is C24H20F2N6O. The van der Waals surface area contributed by atoms with Crippen molar-refractivity contribution in [3.63, 3.8) is 0 Å². The lowest BCUT2D eigenvalue weighted by molar-refractivity contribution is 0.418. The summed E-state index contributed by atoms with van der Waals surface area (Å²) in [4.78, 5) is 4.18. The van der Waals surface area contributed by atoms with E-state index in [4.69, 9.17) is 10.5 Å². The molecule has 7 nitrogen and oxygen atoms in total. The summed E-state index contributed by atoms with van der Waals surface area (Å²) in [6.45, 7) is 1.95. The molecule has 9 heteroatoms. The molecule has 33 heavy (non-hydrogen) atoms. The monoisotopic (exact) mass is 446 g/mol. The molecule has 0 saturated carbocycles. The highest BCUT2D eigenvalue weighted by molar-refractivity contribution is 5.81. The van der Waals surface area contributed by atoms with E-state index in [1.165, 1.54) is 23.8 Å². The fraction of sp³-hybridized carbons (Fsp3) is 0.125. The average molecular weight is 446 g/mol. The normalized spacial score (nSPS) is 12.2. The minimum absolute atomic E-state index is 0.0994. The second kappa shape index (κ2) is 8.01. The fourth-order valence-corrected chi connectivity index (χ4v) is 3.90. The van der Waals surface area contributed by atoms with E-state index in [0.29, 0.717) is 33.7 Å². The molecule has 5 rings (SSSR count). The van der Waals surface area contributed by atoms with E-state index in [9.17, 15) is 4.39 Å². The summed E-state index contributed by atoms with van der Waals surface area (Å²) in [5.74, 6) is -0.240. The van der Waals surface area contributed by atoms with Crippen LogP contribution in [-0.2, 0) is 0 Å². The first kappa shape index (κ1) is 20.6. The topological polar surface area (TPSA) is 83.3 Å². The summed E-state index contributed by atoms with van der Waals surface area (Å²) >= 11 is 0. The van der Waals surface area contributed by atoms with E-state index in [0.717, 1.165) is 5.56 Å². The maximum atomic E-state index is 15.7. The van der Waals surface area contributed by atoms with E-state index in [1.54, 1.807) is 59.7 Å². The van der Waals surface area contributed by atoms with Crippen LogP contribution in [0, 0.1) is 11.6 Å². The third-order valence-corrected chi connectivity index (χ3v) is 5.63. The zero-order valence-electron chi connectivity index (χ0n) is 17.9. The molecule has 0 aliphatic carbocycles. The van der Waals surface area contributed by atoms with Crippen molar-refractivity contribution in [2.45, 2.75) is 13.0 Å². The van der Waals surface area contributed by atoms with Gasteiger partial charge in [0.25, 0.3) is 0 Å². The lowest BCUT2D eigenvalue weighted by Crippen LogP contribution is -2.06. The van der Waals surface area contributed by atoms with Crippen molar-refractivity contribution in [3.05, 3.63) is 84.3 Å². The van der Waals surface area contributed by atoms with Crippen LogP contribution < -0.4 is 10.5 Å². The van der Waals surface area contributed by atoms with Crippen LogP contribution in [0.15, 0.2) is 67.1 Å². The molecule has 2 aromatic carbocycles. The van der Waals surface area contributed by atoms with Gasteiger partial charge < -0.3 is 10.5 Å². The van der Waals surface area contributed by atoms with Gasteiger partial charge in [0.15, 0.2) is 11.4 Å². The molecule has 5 aromatic rings. The number of aromatic nitrogens is 5. The summed E-state index contributed by atoms with van der Waals surface area (Å²) in [5.41, 5.74) is 8.91. The molecule has 1 unspecified atom stereocenters. The van der Waals surface area contributed by atoms with E-state index in [2.05, 4.69) is 15.2 Å². The fourth-order valence-electron chi connectivity index (χ4n) is 3.90. The van der Waals surface area contributed by atoms with Gasteiger partial charge in [-0.25, -0.2) is 13.3 Å². The number of hydrogen-bond acceptors (Lipinski definition) is 5. The zero-order valence-corrected chi connectivity index (χ0v) is 17.9. The molecule has 166 valence electrons. The Morgan fingerprint density at radius 1 is 1.00 bits per heavy atom. The van der Waals surface area contributed by atoms with Crippen molar-refractivity contribution >= 4 is 11.6 Å². The highest BCUT2D eigenvalue weighted by Gasteiger charge is 2.20. The third-order valence-electron chi connectivity index (χ3n) is 5.63. The Morgan fingerprint density at radius 3 is 2.52 bits per heavy atom. The number of hydrogen-bond donors (Lipinski definition) is 1. The van der Waals surface area contributed by atoms with Crippen LogP contribution in [0.3, 0.4) is 0 Å². The quantitative estimate of drug-likeness (QED) is 0.422. The van der Waals surface area contributed by atoms with Gasteiger partial charge in [-0.15, -0.1) is 5.10 Å². The Balaban J connectivity index is 1.55. The molecule has 0 bridgehead atoms. The number of anilines is 1. The Bertz CT molecular complexity index is 1460. The molecule has 0 fully saturated rings. The number of pyridine rings is 1. The van der Waals surface area contributed by atoms with Gasteiger partial charge >= 0.3 is 0 Å². The minimum atomic E-state index is -0.415. The largest absolute Gasteiger partial charge is 0.492 e. The lowest BCUT2D eigenvalue weighted by Gasteiger charge is -2.13. The Labute approximate surface area is 188 Å². The van der Waals surface area contributed by atoms with Gasteiger partial charge in [0.05, 0.1) is 19.3 Å². The molecule has 0 saturated heterocycles. The molecule has 0 aliphatic rings. The van der Waals surface area contributed by atoms with Gasteiger partial charge in [-0.1, -0.05) is 30.3 Å². The molecular weight excluding hydrogens is 426 g/mol. The first-order valence-corrected chi connectivity index (χ1v) is 10.2. The number of nitrogen functional groups attached to an aromatic ring is 1. The van der Waals surface area contributed by atoms with Crippen LogP contribution in [0.1, 0.15) is 18.5 Å². The van der Waals surface area contributed by atoms with Crippen LogP contribution in [0.25, 0.3) is 27.9 Å². The number of halogens is 2. The van der Waals surface area contributed by atoms with E-state index < -0.39 is 5.82 Å². The number of nitrogens with zero attached hydrogens (tertiary/aromatic N) is 5. The van der Waals surface area contributed by atoms with Crippen molar-refractivity contribution in [2.75, 3.05) is 12.8 Å². The molecule has 0 radical (unpaired) electrons. The first-order chi connectivity index (χ1) is 16.0. The maximum Gasteiger partial charge on any atom is 0.240 e. The Morgan fingerprint density at radius 2 is 1.76 bits per heavy atom. The summed E-state index contributed by atoms with van der Waals surface area (Å²) in [6, 6.07) is 13.0. The van der Waals surface area contributed by atoms with Gasteiger partial charge in [0.1, 0.15) is 11.6 Å². The number of ether oxygens (including phenoxy) is 1. The molecule has 3 aromatic heterocycles. The SMILES string of the molecule is COc1c(-c2cccc(-c3cnn(C(C)c4ccc(F)cc4)c3)c2F)ccn2nc(N)nc12. The number of fused-ring (bicyclic) bond motifs is 1. The molecule has 0 amide bonds. The molecule has 0 aliphatic heterocycles. The van der Waals surface area contributed by atoms with Crippen LogP contribution in [0.2, 0.25) is 0 Å². The molecule has 3 heterocycles. The highest BCUT2D eigenvalue weighted by atomic mass is 19.1. The lowest BCUT2D eigenvalue weighted by atomic mass is 9.99. The number of nitrogens with two attached hydrogens (primary N) is 1. The molecule has 2 N–H and O–H groups in total. The van der Waals surface area contributed by atoms with Crippen molar-refractivity contribution in [1.29, 1.82) is 0 Å². The zero-order chi connectivity index (χ0) is 23.1. The van der Waals surface area contributed by atoms with Crippen molar-refractivity contribution in [1.82, 2.24) is 24.4 Å². The third kappa shape index (κ3) is 3.57. The predicted octanol–water partition coefficient (Wildman–Crippen LogP) is 4.74.